The van der Waals surface area contributed by atoms with Gasteiger partial charge in [0, 0.05) is 42.3 Å². The van der Waals surface area contributed by atoms with E-state index in [0.29, 0.717) is 12.3 Å². The molecular weight excluding hydrogens is 470 g/mol. The molecule has 0 amide bonds. The molecule has 0 saturated heterocycles. The monoisotopic (exact) mass is 519 g/mol. The Labute approximate surface area is 230 Å². The number of benzene rings is 2. The molecule has 208 valence electrons. The van der Waals surface area contributed by atoms with Crippen LogP contribution in [-0.4, -0.2) is 83.1 Å². The summed E-state index contributed by atoms with van der Waals surface area (Å²) in [5.41, 5.74) is 7.47. The van der Waals surface area contributed by atoms with Crippen molar-refractivity contribution >= 4 is 40.2 Å². The standard InChI is InChI=1S/C31H49N7/c1-9-17-34-21-26(36-32)22-35-29-20-28(23(3)33-4)31-25(14-12-19-38(7)8)16-15-24(13-11-18-37(5)6)30(31)27(29)10-2/h10,15-16,20-21,33,35H,2-3,9,11-14,17-19,22,32H2,1,4-8H3. The molecule has 0 radical (unpaired) electrons. The average molecular weight is 520 g/mol. The van der Waals surface area contributed by atoms with Gasteiger partial charge >= 0.3 is 0 Å². The molecule has 4 N–H and O–H groups in total. The highest BCUT2D eigenvalue weighted by molar-refractivity contribution is 6.32. The van der Waals surface area contributed by atoms with E-state index in [0.717, 1.165) is 74.2 Å². The number of aryl methyl sites for hydroxylation is 2. The van der Waals surface area contributed by atoms with Crippen molar-refractivity contribution in [3.05, 3.63) is 53.6 Å². The number of aliphatic imine (C=N–C) groups is 1. The third-order valence-electron chi connectivity index (χ3n) is 6.65. The second-order valence-corrected chi connectivity index (χ2v) is 10.3. The van der Waals surface area contributed by atoms with Crippen LogP contribution in [0, 0.1) is 0 Å². The van der Waals surface area contributed by atoms with Crippen molar-refractivity contribution in [2.45, 2.75) is 39.0 Å². The van der Waals surface area contributed by atoms with Crippen molar-refractivity contribution in [2.75, 3.05) is 66.7 Å². The fourth-order valence-corrected chi connectivity index (χ4v) is 4.66. The van der Waals surface area contributed by atoms with Gasteiger partial charge in [0.15, 0.2) is 0 Å². The van der Waals surface area contributed by atoms with Crippen LogP contribution < -0.4 is 16.5 Å². The van der Waals surface area contributed by atoms with Gasteiger partial charge in [-0.15, -0.1) is 0 Å². The first kappa shape index (κ1) is 31.1. The van der Waals surface area contributed by atoms with Gasteiger partial charge in [0.05, 0.1) is 12.3 Å². The van der Waals surface area contributed by atoms with Crippen LogP contribution in [0.25, 0.3) is 22.5 Å². The SMILES string of the molecule is C=Cc1c(NCC(C=NCCC)=NN)cc(C(=C)NC)c2c(CCCN(C)C)ccc(CCCN(C)C)c12. The summed E-state index contributed by atoms with van der Waals surface area (Å²) in [6.07, 6.45) is 8.87. The maximum Gasteiger partial charge on any atom is 0.0968 e. The minimum Gasteiger partial charge on any atom is -0.388 e. The van der Waals surface area contributed by atoms with Crippen molar-refractivity contribution in [3.8, 4) is 0 Å². The van der Waals surface area contributed by atoms with Crippen LogP contribution in [-0.2, 0) is 12.8 Å². The van der Waals surface area contributed by atoms with E-state index < -0.39 is 0 Å². The minimum absolute atomic E-state index is 0.472. The van der Waals surface area contributed by atoms with Crippen LogP contribution in [0.4, 0.5) is 5.69 Å². The van der Waals surface area contributed by atoms with Gasteiger partial charge < -0.3 is 26.3 Å². The highest BCUT2D eigenvalue weighted by Crippen LogP contribution is 2.38. The first-order valence-corrected chi connectivity index (χ1v) is 13.7. The zero-order valence-electron chi connectivity index (χ0n) is 24.5. The summed E-state index contributed by atoms with van der Waals surface area (Å²) in [5.74, 6) is 5.68. The summed E-state index contributed by atoms with van der Waals surface area (Å²) in [5, 5.41) is 13.3. The van der Waals surface area contributed by atoms with Crippen LogP contribution in [0.2, 0.25) is 0 Å². The Morgan fingerprint density at radius 1 is 1.03 bits per heavy atom. The van der Waals surface area contributed by atoms with E-state index in [9.17, 15) is 0 Å². The predicted molar refractivity (Wildman–Crippen MR) is 170 cm³/mol. The molecule has 0 unspecified atom stereocenters. The van der Waals surface area contributed by atoms with Gasteiger partial charge in [-0.05, 0) is 101 Å². The summed E-state index contributed by atoms with van der Waals surface area (Å²) < 4.78 is 0. The molecule has 0 aliphatic rings. The number of anilines is 1. The van der Waals surface area contributed by atoms with Crippen molar-refractivity contribution in [2.24, 2.45) is 15.9 Å². The average Bonchev–Trinajstić information content (AvgIpc) is 2.89. The number of nitrogens with zero attached hydrogens (tertiary/aromatic N) is 4. The third kappa shape index (κ3) is 8.71. The topological polar surface area (TPSA) is 81.3 Å². The van der Waals surface area contributed by atoms with E-state index in [1.165, 1.54) is 21.9 Å². The Hall–Kier alpha value is -3.16. The number of nitrogens with one attached hydrogen (secondary N) is 2. The van der Waals surface area contributed by atoms with Gasteiger partial charge in [-0.25, -0.2) is 0 Å². The number of hydrazone groups is 1. The van der Waals surface area contributed by atoms with Gasteiger partial charge in [-0.3, -0.25) is 4.99 Å². The lowest BCUT2D eigenvalue weighted by atomic mass is 9.87. The zero-order chi connectivity index (χ0) is 28.1. The highest BCUT2D eigenvalue weighted by atomic mass is 15.1. The lowest BCUT2D eigenvalue weighted by Crippen LogP contribution is -2.18. The van der Waals surface area contributed by atoms with E-state index in [4.69, 9.17) is 5.84 Å². The van der Waals surface area contributed by atoms with Gasteiger partial charge in [0.1, 0.15) is 0 Å². The molecule has 38 heavy (non-hydrogen) atoms. The van der Waals surface area contributed by atoms with E-state index in [1.807, 2.05) is 13.1 Å². The van der Waals surface area contributed by atoms with Crippen LogP contribution >= 0.6 is 0 Å². The summed E-state index contributed by atoms with van der Waals surface area (Å²) in [7, 11) is 10.4. The minimum atomic E-state index is 0.472. The molecule has 0 aromatic heterocycles. The third-order valence-corrected chi connectivity index (χ3v) is 6.65. The quantitative estimate of drug-likeness (QED) is 0.158. The Balaban J connectivity index is 2.70. The normalized spacial score (nSPS) is 12.2. The number of fused-ring (bicyclic) bond motifs is 1. The summed E-state index contributed by atoms with van der Waals surface area (Å²) in [6, 6.07) is 6.82. The van der Waals surface area contributed by atoms with E-state index >= 15 is 0 Å². The Kier molecular flexibility index (Phi) is 13.0. The Morgan fingerprint density at radius 2 is 1.63 bits per heavy atom. The molecule has 2 aromatic carbocycles. The smallest absolute Gasteiger partial charge is 0.0968 e. The second-order valence-electron chi connectivity index (χ2n) is 10.3. The van der Waals surface area contributed by atoms with Gasteiger partial charge in [0.2, 0.25) is 0 Å². The molecular formula is C31H49N7. The largest absolute Gasteiger partial charge is 0.388 e. The molecule has 0 atom stereocenters. The second kappa shape index (κ2) is 15.9. The van der Waals surface area contributed by atoms with Crippen molar-refractivity contribution in [1.82, 2.24) is 15.1 Å². The zero-order valence-corrected chi connectivity index (χ0v) is 24.5. The Morgan fingerprint density at radius 3 is 2.13 bits per heavy atom. The molecule has 7 nitrogen and oxygen atoms in total. The van der Waals surface area contributed by atoms with E-state index in [2.05, 4.69) is 97.0 Å². The number of nitrogens with two attached hydrogens (primary N) is 1. The Bertz CT molecular complexity index is 1130. The molecule has 0 spiro atoms. The summed E-state index contributed by atoms with van der Waals surface area (Å²) in [4.78, 5) is 8.89. The maximum absolute atomic E-state index is 5.68. The van der Waals surface area contributed by atoms with Crippen molar-refractivity contribution in [3.63, 3.8) is 0 Å². The maximum atomic E-state index is 5.68. The lowest BCUT2D eigenvalue weighted by Gasteiger charge is -2.22. The summed E-state index contributed by atoms with van der Waals surface area (Å²) >= 11 is 0. The van der Waals surface area contributed by atoms with Crippen LogP contribution in [0.15, 0.2) is 41.5 Å². The first-order valence-electron chi connectivity index (χ1n) is 13.7. The number of rotatable bonds is 17. The molecule has 0 aliphatic heterocycles. The van der Waals surface area contributed by atoms with E-state index in [-0.39, 0.29) is 0 Å². The molecule has 0 fully saturated rings. The van der Waals surface area contributed by atoms with Crippen molar-refractivity contribution in [1.29, 1.82) is 0 Å². The van der Waals surface area contributed by atoms with Gasteiger partial charge in [-0.2, -0.15) is 5.10 Å². The molecule has 0 bridgehead atoms. The first-order chi connectivity index (χ1) is 18.3. The predicted octanol–water partition coefficient (Wildman–Crippen LogP) is 4.87. The molecule has 2 aromatic rings. The number of hydrogen-bond donors (Lipinski definition) is 3. The van der Waals surface area contributed by atoms with Crippen LogP contribution in [0.1, 0.15) is 48.4 Å². The summed E-state index contributed by atoms with van der Waals surface area (Å²) in [6.45, 7) is 14.0. The fourth-order valence-electron chi connectivity index (χ4n) is 4.66. The van der Waals surface area contributed by atoms with Crippen molar-refractivity contribution < 1.29 is 0 Å². The van der Waals surface area contributed by atoms with Crippen LogP contribution in [0.3, 0.4) is 0 Å². The molecule has 7 heteroatoms. The lowest BCUT2D eigenvalue weighted by molar-refractivity contribution is 0.400. The molecule has 0 aliphatic carbocycles. The fraction of sp³-hybridized carbons (Fsp3) is 0.484. The van der Waals surface area contributed by atoms with Gasteiger partial charge in [-0.1, -0.05) is 38.3 Å². The van der Waals surface area contributed by atoms with Gasteiger partial charge in [0.25, 0.3) is 0 Å². The van der Waals surface area contributed by atoms with Crippen LogP contribution in [0.5, 0.6) is 0 Å². The molecule has 0 heterocycles. The highest BCUT2D eigenvalue weighted by Gasteiger charge is 2.18. The molecule has 2 rings (SSSR count). The number of hydrogen-bond acceptors (Lipinski definition) is 7. The van der Waals surface area contributed by atoms with E-state index in [1.54, 1.807) is 6.21 Å². The molecule has 0 saturated carbocycles.